The zero-order valence-corrected chi connectivity index (χ0v) is 21.3. The number of likely N-dealkylation sites (tertiary alicyclic amines) is 1. The summed E-state index contributed by atoms with van der Waals surface area (Å²) < 4.78 is 31.8. The van der Waals surface area contributed by atoms with E-state index in [1.54, 1.807) is 17.1 Å². The van der Waals surface area contributed by atoms with Gasteiger partial charge >= 0.3 is 0 Å². The molecule has 194 valence electrons. The maximum atomic E-state index is 14.1. The molecular weight excluding hydrogens is 488 g/mol. The van der Waals surface area contributed by atoms with E-state index in [1.807, 2.05) is 42.1 Å². The zero-order valence-electron chi connectivity index (χ0n) is 21.3. The largest absolute Gasteiger partial charge is 0.309 e. The second-order valence-corrected chi connectivity index (χ2v) is 9.89. The molecule has 0 saturated carbocycles. The van der Waals surface area contributed by atoms with Gasteiger partial charge in [0.1, 0.15) is 23.0 Å². The van der Waals surface area contributed by atoms with E-state index in [4.69, 9.17) is 0 Å². The lowest BCUT2D eigenvalue weighted by molar-refractivity contribution is 0.262. The average molecular weight is 516 g/mol. The van der Waals surface area contributed by atoms with E-state index < -0.39 is 11.6 Å². The van der Waals surface area contributed by atoms with Gasteiger partial charge in [0.05, 0.1) is 23.4 Å². The molecule has 5 aromatic rings. The Balaban J connectivity index is 1.33. The van der Waals surface area contributed by atoms with Gasteiger partial charge in [-0.15, -0.1) is 5.10 Å². The van der Waals surface area contributed by atoms with Crippen LogP contribution >= 0.6 is 0 Å². The fourth-order valence-corrected chi connectivity index (χ4v) is 5.14. The van der Waals surface area contributed by atoms with Crippen molar-refractivity contribution in [3.63, 3.8) is 0 Å². The van der Waals surface area contributed by atoms with Crippen molar-refractivity contribution in [1.82, 2.24) is 39.6 Å². The van der Waals surface area contributed by atoms with Gasteiger partial charge in [-0.2, -0.15) is 5.10 Å². The predicted molar refractivity (Wildman–Crippen MR) is 140 cm³/mol. The van der Waals surface area contributed by atoms with Gasteiger partial charge in [-0.05, 0) is 49.7 Å². The molecule has 1 fully saturated rings. The van der Waals surface area contributed by atoms with E-state index in [1.165, 1.54) is 12.1 Å². The van der Waals surface area contributed by atoms with Crippen molar-refractivity contribution >= 4 is 22.8 Å². The molecular formula is C27H27F2N9. The first kappa shape index (κ1) is 24.1. The topological polar surface area (TPSA) is 89.6 Å². The van der Waals surface area contributed by atoms with Crippen LogP contribution in [-0.2, 0) is 7.05 Å². The molecule has 9 nitrogen and oxygen atoms in total. The van der Waals surface area contributed by atoms with Crippen LogP contribution in [0.3, 0.4) is 0 Å². The molecule has 1 unspecified atom stereocenters. The van der Waals surface area contributed by atoms with Gasteiger partial charge in [0, 0.05) is 56.0 Å². The number of nitrogens with one attached hydrogen (secondary N) is 1. The number of anilines is 2. The third kappa shape index (κ3) is 4.49. The van der Waals surface area contributed by atoms with Crippen molar-refractivity contribution < 1.29 is 8.78 Å². The van der Waals surface area contributed by atoms with Crippen LogP contribution in [0.25, 0.3) is 22.3 Å². The molecule has 11 heteroatoms. The summed E-state index contributed by atoms with van der Waals surface area (Å²) in [6.07, 6.45) is 3.40. The monoisotopic (exact) mass is 515 g/mol. The Morgan fingerprint density at radius 2 is 1.79 bits per heavy atom. The number of aromatic nitrogens is 7. The Labute approximate surface area is 218 Å². The molecule has 6 rings (SSSR count). The maximum absolute atomic E-state index is 14.1. The van der Waals surface area contributed by atoms with Crippen molar-refractivity contribution in [3.05, 3.63) is 78.1 Å². The molecule has 1 aliphatic heterocycles. The highest BCUT2D eigenvalue weighted by Crippen LogP contribution is 2.39. The number of hydrogen-bond donors (Lipinski definition) is 1. The van der Waals surface area contributed by atoms with Crippen LogP contribution in [0, 0.1) is 11.6 Å². The Kier molecular flexibility index (Phi) is 6.07. The van der Waals surface area contributed by atoms with Crippen LogP contribution in [-0.4, -0.2) is 58.8 Å². The molecule has 0 amide bonds. The Bertz CT molecular complexity index is 1590. The maximum Gasteiger partial charge on any atom is 0.228 e. The molecule has 1 N–H and O–H groups in total. The molecule has 0 aliphatic carbocycles. The van der Waals surface area contributed by atoms with Crippen LogP contribution in [0.2, 0.25) is 0 Å². The number of nitrogens with zero attached hydrogens (tertiary/aromatic N) is 8. The third-order valence-electron chi connectivity index (χ3n) is 7.16. The zero-order chi connectivity index (χ0) is 26.4. The fourth-order valence-electron chi connectivity index (χ4n) is 5.14. The van der Waals surface area contributed by atoms with E-state index in [0.717, 1.165) is 34.2 Å². The van der Waals surface area contributed by atoms with Crippen molar-refractivity contribution in [3.8, 4) is 11.3 Å². The highest BCUT2D eigenvalue weighted by atomic mass is 19.1. The van der Waals surface area contributed by atoms with Crippen LogP contribution in [0.15, 0.2) is 60.9 Å². The highest BCUT2D eigenvalue weighted by Gasteiger charge is 2.38. The van der Waals surface area contributed by atoms with Crippen LogP contribution in [0.5, 0.6) is 0 Å². The quantitative estimate of drug-likeness (QED) is 0.351. The lowest BCUT2D eigenvalue weighted by atomic mass is 9.94. The Morgan fingerprint density at radius 3 is 2.53 bits per heavy atom. The number of aryl methyl sites for hydroxylation is 1. The minimum absolute atomic E-state index is 0.122. The summed E-state index contributed by atoms with van der Waals surface area (Å²) in [5.74, 6) is -0.0383. The second kappa shape index (κ2) is 9.56. The van der Waals surface area contributed by atoms with Crippen molar-refractivity contribution in [1.29, 1.82) is 0 Å². The molecule has 38 heavy (non-hydrogen) atoms. The molecule has 0 bridgehead atoms. The molecule has 1 aliphatic rings. The van der Waals surface area contributed by atoms with E-state index in [-0.39, 0.29) is 18.0 Å². The van der Waals surface area contributed by atoms with Gasteiger partial charge in [0.25, 0.3) is 0 Å². The first-order valence-electron chi connectivity index (χ1n) is 12.5. The van der Waals surface area contributed by atoms with E-state index in [2.05, 4.69) is 49.4 Å². The van der Waals surface area contributed by atoms with Gasteiger partial charge in [0.15, 0.2) is 0 Å². The molecule has 1 saturated heterocycles. The summed E-state index contributed by atoms with van der Waals surface area (Å²) in [5.41, 5.74) is 3.81. The first-order valence-corrected chi connectivity index (χ1v) is 12.5. The lowest BCUT2D eigenvalue weighted by Crippen LogP contribution is -2.28. The van der Waals surface area contributed by atoms with Crippen LogP contribution in [0.1, 0.15) is 31.4 Å². The Morgan fingerprint density at radius 1 is 0.974 bits per heavy atom. The van der Waals surface area contributed by atoms with Gasteiger partial charge < -0.3 is 5.32 Å². The van der Waals surface area contributed by atoms with E-state index >= 15 is 0 Å². The smallest absolute Gasteiger partial charge is 0.228 e. The van der Waals surface area contributed by atoms with Crippen molar-refractivity contribution in [2.75, 3.05) is 18.4 Å². The minimum atomic E-state index is -0.572. The molecule has 2 aromatic carbocycles. The van der Waals surface area contributed by atoms with Gasteiger partial charge in [0.2, 0.25) is 5.95 Å². The fraction of sp³-hybridized carbons (Fsp3) is 0.296. The number of rotatable bonds is 6. The van der Waals surface area contributed by atoms with Crippen LogP contribution < -0.4 is 5.32 Å². The molecule has 3 aromatic heterocycles. The second-order valence-electron chi connectivity index (χ2n) is 9.89. The normalized spacial score (nSPS) is 18.1. The summed E-state index contributed by atoms with van der Waals surface area (Å²) in [4.78, 5) is 11.3. The number of fused-ring (bicyclic) bond motifs is 1. The van der Waals surface area contributed by atoms with Gasteiger partial charge in [-0.3, -0.25) is 9.58 Å². The summed E-state index contributed by atoms with van der Waals surface area (Å²) in [5, 5.41) is 16.3. The number of halogens is 2. The number of hydrogen-bond acceptors (Lipinski definition) is 7. The highest BCUT2D eigenvalue weighted by molar-refractivity contribution is 5.81. The molecule has 4 heterocycles. The van der Waals surface area contributed by atoms with Crippen molar-refractivity contribution in [2.45, 2.75) is 31.8 Å². The molecule has 0 spiro atoms. The Hall–Kier alpha value is -4.25. The van der Waals surface area contributed by atoms with E-state index in [9.17, 15) is 8.78 Å². The van der Waals surface area contributed by atoms with Crippen molar-refractivity contribution in [2.24, 2.45) is 7.05 Å². The number of benzene rings is 2. The average Bonchev–Trinajstić information content (AvgIpc) is 3.61. The first-order chi connectivity index (χ1) is 18.4. The standard InChI is InChI=1S/C27H27F2N9/c1-16(2)37-14-21(18-10-19(28)13-20(29)11-18)25(15-37)38-24-5-4-17(12-23(24)34-35-38)22-6-8-30-27(32-22)33-26-7-9-31-36(26)3/h4-13,16,21,25H,14-15H2,1-3H3,(H,30,32,33)/t21-,25?/m0/s1. The SMILES string of the molecule is CC(C)N1CC(n2nnc3cc(-c4ccnc(Nc5ccnn5C)n4)ccc32)[C@H](c2cc(F)cc(F)c2)C1. The summed E-state index contributed by atoms with van der Waals surface area (Å²) in [6, 6.07) is 13.5. The van der Waals surface area contributed by atoms with Crippen LogP contribution in [0.4, 0.5) is 20.5 Å². The minimum Gasteiger partial charge on any atom is -0.309 e. The summed E-state index contributed by atoms with van der Waals surface area (Å²) >= 11 is 0. The third-order valence-corrected chi connectivity index (χ3v) is 7.16. The summed E-state index contributed by atoms with van der Waals surface area (Å²) in [6.45, 7) is 5.63. The lowest BCUT2D eigenvalue weighted by Gasteiger charge is -2.20. The van der Waals surface area contributed by atoms with Gasteiger partial charge in [-0.1, -0.05) is 11.3 Å². The van der Waals surface area contributed by atoms with E-state index in [0.29, 0.717) is 24.6 Å². The molecule has 2 atom stereocenters. The molecule has 0 radical (unpaired) electrons. The predicted octanol–water partition coefficient (Wildman–Crippen LogP) is 4.69. The summed E-state index contributed by atoms with van der Waals surface area (Å²) in [7, 11) is 1.84. The van der Waals surface area contributed by atoms with Gasteiger partial charge in [-0.25, -0.2) is 23.4 Å².